The topological polar surface area (TPSA) is 90.0 Å². The van der Waals surface area contributed by atoms with Gasteiger partial charge in [-0.05, 0) is 23.8 Å². The van der Waals surface area contributed by atoms with Crippen molar-refractivity contribution in [2.24, 2.45) is 0 Å². The lowest BCUT2D eigenvalue weighted by Crippen LogP contribution is -2.14. The molecule has 31 heavy (non-hydrogen) atoms. The third-order valence-corrected chi connectivity index (χ3v) is 4.38. The number of amides is 1. The Kier molecular flexibility index (Phi) is 5.55. The average Bonchev–Trinajstić information content (AvgIpc) is 3.33. The largest absolute Gasteiger partial charge is 0.288 e. The number of hydrogen-bond acceptors (Lipinski definition) is 5. The summed E-state index contributed by atoms with van der Waals surface area (Å²) in [6, 6.07) is 8.67. The first-order valence-electron chi connectivity index (χ1n) is 8.72. The molecular formula is C18H12ClF4N7O. The first-order valence-corrected chi connectivity index (χ1v) is 9.10. The molecule has 0 unspecified atom stereocenters. The lowest BCUT2D eigenvalue weighted by Gasteiger charge is -2.06. The Morgan fingerprint density at radius 1 is 1.10 bits per heavy atom. The maximum absolute atomic E-state index is 13.2. The highest BCUT2D eigenvalue weighted by molar-refractivity contribution is 6.30. The number of carbonyl (C=O) groups excluding carboxylic acids is 1. The number of carbonyl (C=O) groups is 1. The number of nitrogens with one attached hydrogen (secondary N) is 1. The fraction of sp³-hybridized carbons (Fsp3) is 0.167. The van der Waals surface area contributed by atoms with E-state index in [2.05, 4.69) is 25.5 Å². The van der Waals surface area contributed by atoms with Gasteiger partial charge in [-0.3, -0.25) is 10.1 Å². The zero-order chi connectivity index (χ0) is 22.1. The Morgan fingerprint density at radius 3 is 2.61 bits per heavy atom. The highest BCUT2D eigenvalue weighted by atomic mass is 35.5. The number of alkyl halides is 4. The van der Waals surface area contributed by atoms with E-state index in [0.29, 0.717) is 22.1 Å². The molecule has 0 bridgehead atoms. The van der Waals surface area contributed by atoms with Crippen LogP contribution in [0.1, 0.15) is 40.3 Å². The molecule has 4 rings (SSSR count). The van der Waals surface area contributed by atoms with Gasteiger partial charge in [-0.2, -0.15) is 5.10 Å². The van der Waals surface area contributed by atoms with Crippen molar-refractivity contribution in [2.75, 3.05) is 5.32 Å². The van der Waals surface area contributed by atoms with Crippen LogP contribution < -0.4 is 5.32 Å². The quantitative estimate of drug-likeness (QED) is 0.443. The molecule has 1 N–H and O–H groups in total. The Morgan fingerprint density at radius 2 is 1.90 bits per heavy atom. The molecular weight excluding hydrogens is 442 g/mol. The summed E-state index contributed by atoms with van der Waals surface area (Å²) in [5.41, 5.74) is -1.40. The smallest absolute Gasteiger partial charge is 0.280 e. The second kappa shape index (κ2) is 8.30. The van der Waals surface area contributed by atoms with Gasteiger partial charge in [-0.25, -0.2) is 36.7 Å². The van der Waals surface area contributed by atoms with E-state index in [1.165, 1.54) is 11.0 Å². The number of anilines is 1. The van der Waals surface area contributed by atoms with Crippen LogP contribution in [0.4, 0.5) is 23.5 Å². The first-order chi connectivity index (χ1) is 14.8. The summed E-state index contributed by atoms with van der Waals surface area (Å²) in [5.74, 6) is -0.871. The lowest BCUT2D eigenvalue weighted by molar-refractivity contribution is 0.101. The van der Waals surface area contributed by atoms with Gasteiger partial charge >= 0.3 is 0 Å². The van der Waals surface area contributed by atoms with Crippen molar-refractivity contribution in [2.45, 2.75) is 19.4 Å². The highest BCUT2D eigenvalue weighted by Crippen LogP contribution is 2.25. The fourth-order valence-corrected chi connectivity index (χ4v) is 3.03. The maximum Gasteiger partial charge on any atom is 0.280 e. The Hall–Kier alpha value is -3.54. The monoisotopic (exact) mass is 453 g/mol. The minimum atomic E-state index is -3.09. The summed E-state index contributed by atoms with van der Waals surface area (Å²) < 4.78 is 54.4. The normalized spacial score (nSPS) is 11.6. The summed E-state index contributed by atoms with van der Waals surface area (Å²) >= 11 is 5.94. The number of aromatic nitrogens is 6. The van der Waals surface area contributed by atoms with Gasteiger partial charge in [0.15, 0.2) is 11.3 Å². The SMILES string of the molecule is O=C(Nc1ncn(Cc2cccc(Cl)c2)n1)c1cc2nc(C(F)F)cc(C(F)F)n2n1. The van der Waals surface area contributed by atoms with Gasteiger partial charge in [0.1, 0.15) is 17.7 Å². The molecule has 0 atom stereocenters. The molecule has 4 aromatic rings. The van der Waals surface area contributed by atoms with Crippen molar-refractivity contribution in [3.8, 4) is 0 Å². The van der Waals surface area contributed by atoms with Crippen LogP contribution in [0.3, 0.4) is 0 Å². The Labute approximate surface area is 176 Å². The zero-order valence-electron chi connectivity index (χ0n) is 15.4. The van der Waals surface area contributed by atoms with E-state index < -0.39 is 30.1 Å². The molecule has 0 saturated heterocycles. The molecule has 1 amide bonds. The molecule has 0 spiro atoms. The predicted octanol–water partition coefficient (Wildman–Crippen LogP) is 4.15. The summed E-state index contributed by atoms with van der Waals surface area (Å²) in [6.45, 7) is 0.343. The predicted molar refractivity (Wildman–Crippen MR) is 101 cm³/mol. The number of nitrogens with zero attached hydrogens (tertiary/aromatic N) is 6. The summed E-state index contributed by atoms with van der Waals surface area (Å²) in [6.07, 6.45) is -4.77. The van der Waals surface area contributed by atoms with Crippen LogP contribution in [-0.4, -0.2) is 35.3 Å². The standard InChI is InChI=1S/C18H12ClF4N7O/c19-10-3-1-2-9(4-10)7-29-8-24-18(28-29)26-17(31)12-6-14-25-11(15(20)21)5-13(16(22)23)30(14)27-12/h1-6,8,15-16H,7H2,(H,26,28,31). The number of rotatable bonds is 6. The first kappa shape index (κ1) is 20.7. The molecule has 13 heteroatoms. The van der Waals surface area contributed by atoms with E-state index in [1.54, 1.807) is 18.2 Å². The third kappa shape index (κ3) is 4.48. The van der Waals surface area contributed by atoms with Gasteiger partial charge in [-0.15, -0.1) is 5.10 Å². The summed E-state index contributed by atoms with van der Waals surface area (Å²) in [5, 5.41) is 10.8. The van der Waals surface area contributed by atoms with E-state index in [-0.39, 0.29) is 17.3 Å². The van der Waals surface area contributed by atoms with Crippen LogP contribution >= 0.6 is 11.6 Å². The summed E-state index contributed by atoms with van der Waals surface area (Å²) in [4.78, 5) is 20.0. The van der Waals surface area contributed by atoms with Crippen molar-refractivity contribution in [1.82, 2.24) is 29.4 Å². The molecule has 1 aromatic carbocycles. The van der Waals surface area contributed by atoms with Crippen LogP contribution in [-0.2, 0) is 6.54 Å². The summed E-state index contributed by atoms with van der Waals surface area (Å²) in [7, 11) is 0. The second-order valence-corrected chi connectivity index (χ2v) is 6.79. The van der Waals surface area contributed by atoms with Crippen LogP contribution in [0.2, 0.25) is 5.02 Å². The minimum Gasteiger partial charge on any atom is -0.288 e. The van der Waals surface area contributed by atoms with E-state index in [1.807, 2.05) is 6.07 Å². The van der Waals surface area contributed by atoms with Crippen molar-refractivity contribution in [3.63, 3.8) is 0 Å². The maximum atomic E-state index is 13.2. The van der Waals surface area contributed by atoms with Crippen LogP contribution in [0.5, 0.6) is 0 Å². The van der Waals surface area contributed by atoms with Crippen molar-refractivity contribution >= 4 is 29.1 Å². The third-order valence-electron chi connectivity index (χ3n) is 4.15. The fourth-order valence-electron chi connectivity index (χ4n) is 2.81. The van der Waals surface area contributed by atoms with E-state index in [9.17, 15) is 22.4 Å². The van der Waals surface area contributed by atoms with Gasteiger partial charge in [0.25, 0.3) is 18.8 Å². The average molecular weight is 454 g/mol. The van der Waals surface area contributed by atoms with Gasteiger partial charge < -0.3 is 0 Å². The molecule has 8 nitrogen and oxygen atoms in total. The lowest BCUT2D eigenvalue weighted by atomic mass is 10.2. The molecule has 0 aliphatic carbocycles. The number of benzene rings is 1. The molecule has 0 saturated carbocycles. The van der Waals surface area contributed by atoms with Crippen LogP contribution in [0.25, 0.3) is 5.65 Å². The number of hydrogen-bond donors (Lipinski definition) is 1. The molecule has 0 aliphatic heterocycles. The van der Waals surface area contributed by atoms with Crippen molar-refractivity contribution < 1.29 is 22.4 Å². The molecule has 0 fully saturated rings. The van der Waals surface area contributed by atoms with Crippen molar-refractivity contribution in [1.29, 1.82) is 0 Å². The Bertz CT molecular complexity index is 1260. The van der Waals surface area contributed by atoms with Gasteiger partial charge in [-0.1, -0.05) is 23.7 Å². The Balaban J connectivity index is 1.55. The van der Waals surface area contributed by atoms with Gasteiger partial charge in [0.2, 0.25) is 5.95 Å². The molecule has 0 aliphatic rings. The molecule has 3 heterocycles. The minimum absolute atomic E-state index is 0.0561. The number of fused-ring (bicyclic) bond motifs is 1. The highest BCUT2D eigenvalue weighted by Gasteiger charge is 2.22. The van der Waals surface area contributed by atoms with Crippen LogP contribution in [0.15, 0.2) is 42.7 Å². The van der Waals surface area contributed by atoms with Gasteiger partial charge in [0, 0.05) is 11.1 Å². The van der Waals surface area contributed by atoms with E-state index in [4.69, 9.17) is 11.6 Å². The molecule has 160 valence electrons. The second-order valence-electron chi connectivity index (χ2n) is 6.36. The van der Waals surface area contributed by atoms with Crippen LogP contribution in [0, 0.1) is 0 Å². The van der Waals surface area contributed by atoms with E-state index in [0.717, 1.165) is 11.6 Å². The van der Waals surface area contributed by atoms with E-state index >= 15 is 0 Å². The zero-order valence-corrected chi connectivity index (χ0v) is 16.1. The number of halogens is 5. The van der Waals surface area contributed by atoms with Crippen molar-refractivity contribution in [3.05, 3.63) is 70.4 Å². The molecule has 0 radical (unpaired) electrons. The van der Waals surface area contributed by atoms with Gasteiger partial charge in [0.05, 0.1) is 6.54 Å². The molecule has 3 aromatic heterocycles.